The molecule has 110 valence electrons. The molecule has 8 heteroatoms. The number of hydrogen-bond acceptors (Lipinski definition) is 4. The van der Waals surface area contributed by atoms with Gasteiger partial charge in [-0.15, -0.1) is 0 Å². The molecule has 7 nitrogen and oxygen atoms in total. The highest BCUT2D eigenvalue weighted by Gasteiger charge is 2.21. The maximum Gasteiger partial charge on any atom is 0.409 e. The quantitative estimate of drug-likeness (QED) is 0.876. The second kappa shape index (κ2) is 5.39. The molecule has 0 atom stereocenters. The van der Waals surface area contributed by atoms with Gasteiger partial charge in [-0.1, -0.05) is 0 Å². The maximum absolute atomic E-state index is 13.1. The molecule has 1 fully saturated rings. The summed E-state index contributed by atoms with van der Waals surface area (Å²) in [6, 6.07) is 4.06. The summed E-state index contributed by atoms with van der Waals surface area (Å²) in [4.78, 5) is 31.5. The highest BCUT2D eigenvalue weighted by Crippen LogP contribution is 2.12. The van der Waals surface area contributed by atoms with Crippen molar-refractivity contribution in [1.82, 2.24) is 20.2 Å². The van der Waals surface area contributed by atoms with E-state index in [1.165, 1.54) is 23.1 Å². The highest BCUT2D eigenvalue weighted by molar-refractivity contribution is 5.94. The molecule has 2 amide bonds. The number of nitrogens with zero attached hydrogens (tertiary/aromatic N) is 2. The number of benzene rings is 1. The Morgan fingerprint density at radius 2 is 2.38 bits per heavy atom. The molecule has 1 aliphatic rings. The Hall–Kier alpha value is -2.64. The van der Waals surface area contributed by atoms with Gasteiger partial charge in [-0.2, -0.15) is 0 Å². The molecule has 0 unspecified atom stereocenters. The zero-order chi connectivity index (χ0) is 14.8. The summed E-state index contributed by atoms with van der Waals surface area (Å²) in [7, 11) is 0. The van der Waals surface area contributed by atoms with Crippen LogP contribution in [0.25, 0.3) is 11.0 Å². The van der Waals surface area contributed by atoms with E-state index in [-0.39, 0.29) is 11.9 Å². The smallest absolute Gasteiger partial charge is 0.409 e. The van der Waals surface area contributed by atoms with Crippen molar-refractivity contribution in [3.05, 3.63) is 29.8 Å². The standard InChI is InChI=1S/C13H13FN4O3/c14-8-1-2-9-10(7-8)17-11(16-9)12(19)15-3-4-18-5-6-21-13(18)20/h1-2,7H,3-6H2,(H,15,19)(H,16,17). The molecule has 1 aliphatic heterocycles. The van der Waals surface area contributed by atoms with E-state index in [4.69, 9.17) is 4.74 Å². The van der Waals surface area contributed by atoms with Crippen LogP contribution in [0.1, 0.15) is 10.6 Å². The number of fused-ring (bicyclic) bond motifs is 1. The first-order valence-electron chi connectivity index (χ1n) is 6.48. The van der Waals surface area contributed by atoms with Crippen molar-refractivity contribution in [1.29, 1.82) is 0 Å². The van der Waals surface area contributed by atoms with Crippen LogP contribution in [0.2, 0.25) is 0 Å². The normalized spacial score (nSPS) is 14.5. The van der Waals surface area contributed by atoms with E-state index in [1.54, 1.807) is 0 Å². The predicted octanol–water partition coefficient (Wildman–Crippen LogP) is 0.884. The fourth-order valence-electron chi connectivity index (χ4n) is 2.11. The number of carbonyl (C=O) groups excluding carboxylic acids is 2. The van der Waals surface area contributed by atoms with Gasteiger partial charge < -0.3 is 19.9 Å². The van der Waals surface area contributed by atoms with Crippen molar-refractivity contribution < 1.29 is 18.7 Å². The number of carbonyl (C=O) groups is 2. The van der Waals surface area contributed by atoms with Gasteiger partial charge in [0.15, 0.2) is 5.82 Å². The fourth-order valence-corrected chi connectivity index (χ4v) is 2.11. The first kappa shape index (κ1) is 13.3. The fraction of sp³-hybridized carbons (Fsp3) is 0.308. The van der Waals surface area contributed by atoms with E-state index in [2.05, 4.69) is 15.3 Å². The number of halogens is 1. The Kier molecular flexibility index (Phi) is 3.43. The van der Waals surface area contributed by atoms with E-state index in [0.29, 0.717) is 37.3 Å². The Balaban J connectivity index is 1.60. The Labute approximate surface area is 119 Å². The SMILES string of the molecule is O=C(NCCN1CCOC1=O)c1nc2ccc(F)cc2[nH]1. The van der Waals surface area contributed by atoms with Gasteiger partial charge in [-0.3, -0.25) is 4.79 Å². The highest BCUT2D eigenvalue weighted by atomic mass is 19.1. The molecule has 0 spiro atoms. The molecule has 0 aliphatic carbocycles. The molecule has 2 aromatic rings. The molecule has 2 heterocycles. The molecule has 21 heavy (non-hydrogen) atoms. The number of cyclic esters (lactones) is 1. The number of amides is 2. The Morgan fingerprint density at radius 1 is 1.52 bits per heavy atom. The van der Waals surface area contributed by atoms with E-state index >= 15 is 0 Å². The van der Waals surface area contributed by atoms with Crippen LogP contribution < -0.4 is 5.32 Å². The van der Waals surface area contributed by atoms with Crippen LogP contribution in [0, 0.1) is 5.82 Å². The zero-order valence-electron chi connectivity index (χ0n) is 11.1. The maximum atomic E-state index is 13.1. The molecule has 2 N–H and O–H groups in total. The monoisotopic (exact) mass is 292 g/mol. The third-order valence-corrected chi connectivity index (χ3v) is 3.17. The van der Waals surface area contributed by atoms with Gasteiger partial charge in [-0.05, 0) is 18.2 Å². The van der Waals surface area contributed by atoms with Crippen molar-refractivity contribution in [2.24, 2.45) is 0 Å². The lowest BCUT2D eigenvalue weighted by molar-refractivity contribution is 0.0939. The minimum atomic E-state index is -0.404. The summed E-state index contributed by atoms with van der Waals surface area (Å²) in [5, 5.41) is 2.65. The average molecular weight is 292 g/mol. The van der Waals surface area contributed by atoms with Crippen molar-refractivity contribution in [2.75, 3.05) is 26.2 Å². The number of aromatic amines is 1. The number of rotatable bonds is 4. The van der Waals surface area contributed by atoms with Gasteiger partial charge >= 0.3 is 6.09 Å². The van der Waals surface area contributed by atoms with Crippen LogP contribution in [-0.2, 0) is 4.74 Å². The van der Waals surface area contributed by atoms with Crippen LogP contribution in [0.4, 0.5) is 9.18 Å². The van der Waals surface area contributed by atoms with Crippen molar-refractivity contribution in [3.63, 3.8) is 0 Å². The van der Waals surface area contributed by atoms with Crippen LogP contribution in [0.15, 0.2) is 18.2 Å². The van der Waals surface area contributed by atoms with Gasteiger partial charge in [0.2, 0.25) is 0 Å². The summed E-state index contributed by atoms with van der Waals surface area (Å²) in [6.07, 6.45) is -0.372. The average Bonchev–Trinajstić information content (AvgIpc) is 3.05. The van der Waals surface area contributed by atoms with E-state index in [1.807, 2.05) is 0 Å². The molecule has 1 aromatic heterocycles. The minimum Gasteiger partial charge on any atom is -0.448 e. The number of aromatic nitrogens is 2. The third kappa shape index (κ3) is 2.78. The Morgan fingerprint density at radius 3 is 3.14 bits per heavy atom. The first-order valence-corrected chi connectivity index (χ1v) is 6.48. The topological polar surface area (TPSA) is 87.3 Å². The Bertz CT molecular complexity index is 700. The first-order chi connectivity index (χ1) is 10.1. The van der Waals surface area contributed by atoms with Gasteiger partial charge in [0, 0.05) is 13.1 Å². The lowest BCUT2D eigenvalue weighted by atomic mass is 10.3. The van der Waals surface area contributed by atoms with Gasteiger partial charge in [0.25, 0.3) is 5.91 Å². The second-order valence-electron chi connectivity index (χ2n) is 4.60. The predicted molar refractivity (Wildman–Crippen MR) is 71.3 cm³/mol. The summed E-state index contributed by atoms with van der Waals surface area (Å²) < 4.78 is 17.8. The van der Waals surface area contributed by atoms with Crippen LogP contribution in [0.5, 0.6) is 0 Å². The molecule has 1 aromatic carbocycles. The number of H-pyrrole nitrogens is 1. The van der Waals surface area contributed by atoms with E-state index in [9.17, 15) is 14.0 Å². The van der Waals surface area contributed by atoms with Crippen molar-refractivity contribution >= 4 is 23.0 Å². The van der Waals surface area contributed by atoms with Crippen molar-refractivity contribution in [2.45, 2.75) is 0 Å². The van der Waals surface area contributed by atoms with Crippen LogP contribution >= 0.6 is 0 Å². The molecule has 0 saturated carbocycles. The number of hydrogen-bond donors (Lipinski definition) is 2. The third-order valence-electron chi connectivity index (χ3n) is 3.17. The molecule has 1 saturated heterocycles. The zero-order valence-corrected chi connectivity index (χ0v) is 11.1. The van der Waals surface area contributed by atoms with Crippen molar-refractivity contribution in [3.8, 4) is 0 Å². The van der Waals surface area contributed by atoms with Gasteiger partial charge in [0.05, 0.1) is 17.6 Å². The molecule has 0 radical (unpaired) electrons. The largest absolute Gasteiger partial charge is 0.448 e. The molecule has 3 rings (SSSR count). The van der Waals surface area contributed by atoms with E-state index < -0.39 is 11.7 Å². The summed E-state index contributed by atoms with van der Waals surface area (Å²) in [5.41, 5.74) is 0.980. The second-order valence-corrected chi connectivity index (χ2v) is 4.60. The molecule has 0 bridgehead atoms. The molecular weight excluding hydrogens is 279 g/mol. The number of imidazole rings is 1. The van der Waals surface area contributed by atoms with Gasteiger partial charge in [0.1, 0.15) is 12.4 Å². The molecular formula is C13H13FN4O3. The van der Waals surface area contributed by atoms with Crippen LogP contribution in [0.3, 0.4) is 0 Å². The lowest BCUT2D eigenvalue weighted by Gasteiger charge is -2.12. The lowest BCUT2D eigenvalue weighted by Crippen LogP contribution is -2.35. The number of nitrogens with one attached hydrogen (secondary N) is 2. The number of ether oxygens (including phenoxy) is 1. The minimum absolute atomic E-state index is 0.111. The van der Waals surface area contributed by atoms with E-state index in [0.717, 1.165) is 0 Å². The van der Waals surface area contributed by atoms with Gasteiger partial charge in [-0.25, -0.2) is 14.2 Å². The van der Waals surface area contributed by atoms with Crippen LogP contribution in [-0.4, -0.2) is 53.1 Å². The summed E-state index contributed by atoms with van der Waals surface area (Å²) in [6.45, 7) is 1.57. The summed E-state index contributed by atoms with van der Waals surface area (Å²) >= 11 is 0. The summed E-state index contributed by atoms with van der Waals surface area (Å²) in [5.74, 6) is -0.690.